The van der Waals surface area contributed by atoms with Gasteiger partial charge in [-0.1, -0.05) is 23.8 Å². The molecule has 2 aromatic carbocycles. The van der Waals surface area contributed by atoms with Gasteiger partial charge in [0.15, 0.2) is 0 Å². The maximum atomic E-state index is 3.37. The number of hydrogen-bond donors (Lipinski definition) is 2. The molecule has 2 aromatic heterocycles. The third-order valence-corrected chi connectivity index (χ3v) is 3.95. The van der Waals surface area contributed by atoms with Crippen molar-refractivity contribution in [2.24, 2.45) is 0 Å². The summed E-state index contributed by atoms with van der Waals surface area (Å²) >= 11 is 0. The Morgan fingerprint density at radius 1 is 0.900 bits per heavy atom. The molecule has 4 aromatic rings. The molecule has 0 spiro atoms. The molecule has 2 N–H and O–H groups in total. The average molecular weight is 260 g/mol. The lowest BCUT2D eigenvalue weighted by Crippen LogP contribution is -1.92. The van der Waals surface area contributed by atoms with Crippen molar-refractivity contribution in [3.05, 3.63) is 71.5 Å². The van der Waals surface area contributed by atoms with Gasteiger partial charge in [-0.25, -0.2) is 0 Å². The molecule has 0 unspecified atom stereocenters. The fourth-order valence-corrected chi connectivity index (χ4v) is 3.06. The lowest BCUT2D eigenvalue weighted by Gasteiger charge is -2.07. The molecule has 0 aliphatic rings. The molecular formula is C18H16N2. The highest BCUT2D eigenvalue weighted by Crippen LogP contribution is 2.25. The van der Waals surface area contributed by atoms with Crippen LogP contribution in [0.4, 0.5) is 0 Å². The first-order valence-corrected chi connectivity index (χ1v) is 6.93. The number of aryl methyl sites for hydroxylation is 1. The highest BCUT2D eigenvalue weighted by molar-refractivity contribution is 5.86. The van der Waals surface area contributed by atoms with E-state index in [4.69, 9.17) is 0 Å². The molecule has 0 aliphatic carbocycles. The Bertz CT molecular complexity index is 896. The topological polar surface area (TPSA) is 31.6 Å². The van der Waals surface area contributed by atoms with Crippen LogP contribution < -0.4 is 0 Å². The minimum atomic E-state index is 0.952. The second kappa shape index (κ2) is 4.27. The van der Waals surface area contributed by atoms with Crippen molar-refractivity contribution < 1.29 is 0 Å². The monoisotopic (exact) mass is 260 g/mol. The molecule has 0 fully saturated rings. The van der Waals surface area contributed by atoms with E-state index in [-0.39, 0.29) is 0 Å². The molecule has 0 saturated heterocycles. The molecule has 2 heterocycles. The summed E-state index contributed by atoms with van der Waals surface area (Å²) in [6.45, 7) is 2.16. The van der Waals surface area contributed by atoms with E-state index in [1.165, 1.54) is 38.5 Å². The standard InChI is InChI=1S/C18H16N2/c1-12-9-14-5-7-20-18(14)15(10-12)11-13-3-2-4-17-16(13)6-8-19-17/h2-10,19-20H,11H2,1H3. The predicted molar refractivity (Wildman–Crippen MR) is 84.1 cm³/mol. The van der Waals surface area contributed by atoms with Crippen LogP contribution in [0.3, 0.4) is 0 Å². The Balaban J connectivity index is 1.88. The highest BCUT2D eigenvalue weighted by Gasteiger charge is 2.07. The Hall–Kier alpha value is -2.48. The summed E-state index contributed by atoms with van der Waals surface area (Å²) in [7, 11) is 0. The summed E-state index contributed by atoms with van der Waals surface area (Å²) in [6, 6.07) is 15.3. The average Bonchev–Trinajstić information content (AvgIpc) is 3.06. The third kappa shape index (κ3) is 1.73. The van der Waals surface area contributed by atoms with E-state index in [0.717, 1.165) is 6.42 Å². The Morgan fingerprint density at radius 3 is 2.75 bits per heavy atom. The lowest BCUT2D eigenvalue weighted by molar-refractivity contribution is 1.21. The maximum Gasteiger partial charge on any atom is 0.0490 e. The van der Waals surface area contributed by atoms with Gasteiger partial charge in [-0.2, -0.15) is 0 Å². The van der Waals surface area contributed by atoms with Gasteiger partial charge in [0.25, 0.3) is 0 Å². The van der Waals surface area contributed by atoms with E-state index >= 15 is 0 Å². The van der Waals surface area contributed by atoms with Gasteiger partial charge >= 0.3 is 0 Å². The zero-order valence-electron chi connectivity index (χ0n) is 11.4. The number of fused-ring (bicyclic) bond motifs is 2. The molecular weight excluding hydrogens is 244 g/mol. The molecule has 20 heavy (non-hydrogen) atoms. The van der Waals surface area contributed by atoms with Crippen molar-refractivity contribution in [2.75, 3.05) is 0 Å². The number of nitrogens with one attached hydrogen (secondary N) is 2. The number of hydrogen-bond acceptors (Lipinski definition) is 0. The summed E-state index contributed by atoms with van der Waals surface area (Å²) in [6.07, 6.45) is 4.98. The molecule has 98 valence electrons. The van der Waals surface area contributed by atoms with Crippen molar-refractivity contribution in [1.29, 1.82) is 0 Å². The van der Waals surface area contributed by atoms with Crippen molar-refractivity contribution in [3.8, 4) is 0 Å². The van der Waals surface area contributed by atoms with Crippen LogP contribution in [-0.4, -0.2) is 9.97 Å². The number of H-pyrrole nitrogens is 2. The molecule has 4 rings (SSSR count). The molecule has 0 bridgehead atoms. The Labute approximate surface area is 117 Å². The third-order valence-electron chi connectivity index (χ3n) is 3.95. The van der Waals surface area contributed by atoms with Gasteiger partial charge in [0.2, 0.25) is 0 Å². The summed E-state index contributed by atoms with van der Waals surface area (Å²) in [5, 5.41) is 2.61. The van der Waals surface area contributed by atoms with Crippen LogP contribution in [0.15, 0.2) is 54.9 Å². The van der Waals surface area contributed by atoms with E-state index < -0.39 is 0 Å². The van der Waals surface area contributed by atoms with E-state index in [0.29, 0.717) is 0 Å². The minimum absolute atomic E-state index is 0.952. The van der Waals surface area contributed by atoms with Crippen molar-refractivity contribution >= 4 is 21.8 Å². The van der Waals surface area contributed by atoms with E-state index in [2.05, 4.69) is 59.4 Å². The first-order chi connectivity index (χ1) is 9.81. The maximum absolute atomic E-state index is 3.37. The fraction of sp³-hybridized carbons (Fsp3) is 0.111. The second-order valence-corrected chi connectivity index (χ2v) is 5.40. The zero-order valence-corrected chi connectivity index (χ0v) is 11.4. The number of benzene rings is 2. The first kappa shape index (κ1) is 11.4. The quantitative estimate of drug-likeness (QED) is 0.530. The largest absolute Gasteiger partial charge is 0.361 e. The number of aromatic nitrogens is 2. The fourth-order valence-electron chi connectivity index (χ4n) is 3.06. The zero-order chi connectivity index (χ0) is 13.5. The second-order valence-electron chi connectivity index (χ2n) is 5.40. The SMILES string of the molecule is Cc1cc(Cc2cccc3[nH]ccc23)c2[nH]ccc2c1. The molecule has 0 atom stereocenters. The van der Waals surface area contributed by atoms with Crippen LogP contribution in [-0.2, 0) is 6.42 Å². The molecule has 0 aliphatic heterocycles. The van der Waals surface area contributed by atoms with Crippen molar-refractivity contribution in [2.45, 2.75) is 13.3 Å². The van der Waals surface area contributed by atoms with Crippen molar-refractivity contribution in [3.63, 3.8) is 0 Å². The van der Waals surface area contributed by atoms with Gasteiger partial charge in [-0.05, 0) is 47.7 Å². The summed E-state index contributed by atoms with van der Waals surface area (Å²) in [5.41, 5.74) is 6.50. The van der Waals surface area contributed by atoms with Crippen LogP contribution in [0.2, 0.25) is 0 Å². The van der Waals surface area contributed by atoms with E-state index in [1.54, 1.807) is 0 Å². The van der Waals surface area contributed by atoms with Gasteiger partial charge in [-0.3, -0.25) is 0 Å². The van der Waals surface area contributed by atoms with Crippen LogP contribution in [0.1, 0.15) is 16.7 Å². The van der Waals surface area contributed by atoms with Gasteiger partial charge < -0.3 is 9.97 Å². The number of rotatable bonds is 2. The van der Waals surface area contributed by atoms with Gasteiger partial charge in [0.1, 0.15) is 0 Å². The Morgan fingerprint density at radius 2 is 1.80 bits per heavy atom. The molecule has 0 radical (unpaired) electrons. The normalized spacial score (nSPS) is 11.4. The molecule has 2 heteroatoms. The highest BCUT2D eigenvalue weighted by atomic mass is 14.7. The van der Waals surface area contributed by atoms with E-state index in [1.807, 2.05) is 12.4 Å². The Kier molecular flexibility index (Phi) is 2.43. The molecule has 2 nitrogen and oxygen atoms in total. The van der Waals surface area contributed by atoms with Crippen LogP contribution >= 0.6 is 0 Å². The van der Waals surface area contributed by atoms with Crippen LogP contribution in [0, 0.1) is 6.92 Å². The summed E-state index contributed by atoms with van der Waals surface area (Å²) < 4.78 is 0. The van der Waals surface area contributed by atoms with Crippen LogP contribution in [0.5, 0.6) is 0 Å². The summed E-state index contributed by atoms with van der Waals surface area (Å²) in [5.74, 6) is 0. The van der Waals surface area contributed by atoms with Gasteiger partial charge in [-0.15, -0.1) is 0 Å². The predicted octanol–water partition coefficient (Wildman–Crippen LogP) is 4.55. The molecule has 0 amide bonds. The first-order valence-electron chi connectivity index (χ1n) is 6.93. The molecule has 0 saturated carbocycles. The smallest absolute Gasteiger partial charge is 0.0490 e. The lowest BCUT2D eigenvalue weighted by atomic mass is 9.98. The van der Waals surface area contributed by atoms with Gasteiger partial charge in [0, 0.05) is 35.2 Å². The van der Waals surface area contributed by atoms with Gasteiger partial charge in [0.05, 0.1) is 0 Å². The summed E-state index contributed by atoms with van der Waals surface area (Å²) in [4.78, 5) is 6.65. The van der Waals surface area contributed by atoms with Crippen molar-refractivity contribution in [1.82, 2.24) is 9.97 Å². The van der Waals surface area contributed by atoms with E-state index in [9.17, 15) is 0 Å². The number of aromatic amines is 2. The van der Waals surface area contributed by atoms with Crippen LogP contribution in [0.25, 0.3) is 21.8 Å². The minimum Gasteiger partial charge on any atom is -0.361 e.